The van der Waals surface area contributed by atoms with Gasteiger partial charge in [0, 0.05) is 14.2 Å². The predicted molar refractivity (Wildman–Crippen MR) is 142 cm³/mol. The van der Waals surface area contributed by atoms with Crippen LogP contribution < -0.4 is 16.3 Å². The standard InChI is InChI=1S/C25H20Br2N2O5S/c1-3-34-24(31)20-18(28)17(11-13-6-4-8-15(26)10-13)19-22(25(32)33-2)35-21(23(30)29(19)20)14-7-5-9-16(27)12-14/h4-12,21H,3,28H2,1-2H3/b17-11+/t21-/m0/s1. The van der Waals surface area contributed by atoms with Crippen molar-refractivity contribution in [3.8, 4) is 0 Å². The minimum Gasteiger partial charge on any atom is -0.465 e. The number of methoxy groups -OCH3 is 1. The van der Waals surface area contributed by atoms with Crippen molar-refractivity contribution in [2.75, 3.05) is 19.5 Å². The molecule has 0 saturated carbocycles. The van der Waals surface area contributed by atoms with Crippen LogP contribution in [0.3, 0.4) is 0 Å². The summed E-state index contributed by atoms with van der Waals surface area (Å²) in [5, 5.41) is -0.244. The lowest BCUT2D eigenvalue weighted by atomic mass is 10.1. The van der Waals surface area contributed by atoms with Gasteiger partial charge in [-0.05, 0) is 48.4 Å². The van der Waals surface area contributed by atoms with Gasteiger partial charge in [-0.2, -0.15) is 0 Å². The Labute approximate surface area is 222 Å². The summed E-state index contributed by atoms with van der Waals surface area (Å²) in [6.45, 7) is 1.76. The summed E-state index contributed by atoms with van der Waals surface area (Å²) in [4.78, 5) is 40.0. The summed E-state index contributed by atoms with van der Waals surface area (Å²) in [5.41, 5.74) is 7.81. The van der Waals surface area contributed by atoms with Gasteiger partial charge in [-0.1, -0.05) is 67.9 Å². The number of thioether (sulfide) groups is 1. The highest BCUT2D eigenvalue weighted by Crippen LogP contribution is 2.40. The first-order valence-electron chi connectivity index (χ1n) is 10.5. The van der Waals surface area contributed by atoms with Crippen molar-refractivity contribution in [3.05, 3.63) is 84.9 Å². The van der Waals surface area contributed by atoms with Crippen molar-refractivity contribution in [3.63, 3.8) is 0 Å². The topological polar surface area (TPSA) is 101 Å². The maximum Gasteiger partial charge on any atom is 0.357 e. The number of fused-ring (bicyclic) bond motifs is 1. The molecule has 7 nitrogen and oxygen atoms in total. The van der Waals surface area contributed by atoms with Gasteiger partial charge in [0.05, 0.1) is 24.8 Å². The molecule has 0 unspecified atom stereocenters. The minimum absolute atomic E-state index is 0.0451. The zero-order chi connectivity index (χ0) is 25.3. The van der Waals surface area contributed by atoms with Crippen LogP contribution in [0.1, 0.15) is 38.6 Å². The number of anilines is 1. The van der Waals surface area contributed by atoms with Gasteiger partial charge in [-0.15, -0.1) is 0 Å². The van der Waals surface area contributed by atoms with Crippen molar-refractivity contribution < 1.29 is 23.9 Å². The monoisotopic (exact) mass is 618 g/mol. The van der Waals surface area contributed by atoms with Gasteiger partial charge < -0.3 is 15.2 Å². The van der Waals surface area contributed by atoms with Crippen LogP contribution in [-0.2, 0) is 14.3 Å². The summed E-state index contributed by atoms with van der Waals surface area (Å²) in [7, 11) is 1.26. The summed E-state index contributed by atoms with van der Waals surface area (Å²) in [5.74, 6) is -1.81. The quantitative estimate of drug-likeness (QED) is 0.431. The Morgan fingerprint density at radius 1 is 1.11 bits per heavy atom. The Balaban J connectivity index is 2.11. The largest absolute Gasteiger partial charge is 0.465 e. The Bertz CT molecular complexity index is 1480. The number of rotatable bonds is 5. The van der Waals surface area contributed by atoms with E-state index in [1.165, 1.54) is 11.7 Å². The van der Waals surface area contributed by atoms with Gasteiger partial charge >= 0.3 is 11.9 Å². The van der Waals surface area contributed by atoms with E-state index in [2.05, 4.69) is 31.9 Å². The molecule has 4 rings (SSSR count). The normalized spacial score (nSPS) is 15.7. The first-order chi connectivity index (χ1) is 16.8. The molecular weight excluding hydrogens is 600 g/mol. The molecule has 2 aromatic carbocycles. The molecule has 0 radical (unpaired) electrons. The molecule has 2 heterocycles. The second-order valence-corrected chi connectivity index (χ2v) is 10.4. The maximum atomic E-state index is 13.9. The molecule has 10 heteroatoms. The summed E-state index contributed by atoms with van der Waals surface area (Å²) < 4.78 is 13.1. The maximum absolute atomic E-state index is 13.9. The molecule has 1 aliphatic rings. The van der Waals surface area contributed by atoms with E-state index in [9.17, 15) is 14.4 Å². The number of hydrogen-bond donors (Lipinski definition) is 1. The van der Waals surface area contributed by atoms with E-state index in [1.807, 2.05) is 30.3 Å². The van der Waals surface area contributed by atoms with E-state index in [0.717, 1.165) is 26.3 Å². The molecule has 1 aromatic heterocycles. The van der Waals surface area contributed by atoms with E-state index in [-0.39, 0.29) is 28.2 Å². The Morgan fingerprint density at radius 3 is 2.43 bits per heavy atom. The second-order valence-electron chi connectivity index (χ2n) is 7.49. The molecule has 180 valence electrons. The molecule has 0 fully saturated rings. The fraction of sp³-hybridized carbons (Fsp3) is 0.160. The van der Waals surface area contributed by atoms with Gasteiger partial charge in [0.1, 0.15) is 10.2 Å². The molecule has 0 saturated heterocycles. The number of ether oxygens (including phenoxy) is 2. The second kappa shape index (κ2) is 10.4. The van der Waals surface area contributed by atoms with Gasteiger partial charge in [0.2, 0.25) is 5.91 Å². The van der Waals surface area contributed by atoms with E-state index < -0.39 is 23.1 Å². The van der Waals surface area contributed by atoms with E-state index in [4.69, 9.17) is 15.2 Å². The molecule has 0 bridgehead atoms. The number of aromatic nitrogens is 1. The van der Waals surface area contributed by atoms with E-state index >= 15 is 0 Å². The number of benzene rings is 2. The molecule has 1 aliphatic heterocycles. The third kappa shape index (κ3) is 4.82. The zero-order valence-electron chi connectivity index (χ0n) is 18.7. The lowest BCUT2D eigenvalue weighted by Crippen LogP contribution is -2.42. The molecule has 0 aliphatic carbocycles. The summed E-state index contributed by atoms with van der Waals surface area (Å²) in [6, 6.07) is 14.6. The van der Waals surface area contributed by atoms with Crippen molar-refractivity contribution in [1.29, 1.82) is 0 Å². The summed E-state index contributed by atoms with van der Waals surface area (Å²) >= 11 is 7.93. The Morgan fingerprint density at radius 2 is 1.80 bits per heavy atom. The van der Waals surface area contributed by atoms with E-state index in [0.29, 0.717) is 10.8 Å². The van der Waals surface area contributed by atoms with Crippen LogP contribution in [-0.4, -0.2) is 36.1 Å². The fourth-order valence-electron chi connectivity index (χ4n) is 3.82. The average Bonchev–Trinajstić information content (AvgIpc) is 3.11. The van der Waals surface area contributed by atoms with Crippen molar-refractivity contribution in [2.45, 2.75) is 12.2 Å². The van der Waals surface area contributed by atoms with Crippen LogP contribution in [0.4, 0.5) is 5.69 Å². The van der Waals surface area contributed by atoms with Gasteiger partial charge in [-0.25, -0.2) is 9.59 Å². The third-order valence-corrected chi connectivity index (χ3v) is 7.59. The van der Waals surface area contributed by atoms with Crippen LogP contribution in [0.15, 0.2) is 57.5 Å². The lowest BCUT2D eigenvalue weighted by molar-refractivity contribution is -0.133. The van der Waals surface area contributed by atoms with Gasteiger partial charge in [0.15, 0.2) is 5.69 Å². The summed E-state index contributed by atoms with van der Waals surface area (Å²) in [6.07, 6.45) is 1.73. The van der Waals surface area contributed by atoms with Crippen LogP contribution in [0.2, 0.25) is 0 Å². The van der Waals surface area contributed by atoms with Crippen LogP contribution in [0, 0.1) is 0 Å². The molecule has 35 heavy (non-hydrogen) atoms. The number of hydrogen-bond acceptors (Lipinski definition) is 7. The number of nitrogens with two attached hydrogens (primary N) is 1. The first-order valence-corrected chi connectivity index (χ1v) is 13.0. The number of esters is 2. The lowest BCUT2D eigenvalue weighted by Gasteiger charge is -2.23. The fourth-order valence-corrected chi connectivity index (χ4v) is 5.87. The van der Waals surface area contributed by atoms with Gasteiger partial charge in [-0.3, -0.25) is 9.36 Å². The van der Waals surface area contributed by atoms with Crippen LogP contribution in [0.5, 0.6) is 0 Å². The predicted octanol–water partition coefficient (Wildman–Crippen LogP) is 4.01. The highest BCUT2D eigenvalue weighted by molar-refractivity contribution is 9.10. The minimum atomic E-state index is -0.812. The zero-order valence-corrected chi connectivity index (χ0v) is 22.7. The molecule has 0 amide bonds. The Hall–Kier alpha value is -2.82. The first kappa shape index (κ1) is 25.3. The number of carbonyl (C=O) groups excluding carboxylic acids is 3. The number of halogens is 2. The molecule has 3 aromatic rings. The number of carbonyl (C=O) groups is 3. The highest BCUT2D eigenvalue weighted by atomic mass is 79.9. The average molecular weight is 620 g/mol. The third-order valence-electron chi connectivity index (χ3n) is 5.29. The highest BCUT2D eigenvalue weighted by Gasteiger charge is 2.38. The van der Waals surface area contributed by atoms with Crippen molar-refractivity contribution in [2.24, 2.45) is 0 Å². The number of nitrogens with zero attached hydrogens (tertiary/aromatic N) is 1. The smallest absolute Gasteiger partial charge is 0.357 e. The Kier molecular flexibility index (Phi) is 7.53. The molecular formula is C25H20Br2N2O5S. The molecule has 0 spiro atoms. The molecule has 1 atom stereocenters. The molecule has 2 N–H and O–H groups in total. The van der Waals surface area contributed by atoms with Crippen molar-refractivity contribution >= 4 is 78.1 Å². The van der Waals surface area contributed by atoms with Gasteiger partial charge in [0.25, 0.3) is 0 Å². The SMILES string of the molecule is CCOC(=O)c1c(N)/c(=C\c2cccc(Br)c2)c2n1C(=O)[C@H](c1cccc(Br)c1)SC=2C(=O)OC. The number of nitrogen functional groups attached to an aromatic ring is 1. The van der Waals surface area contributed by atoms with Crippen LogP contribution in [0.25, 0.3) is 11.0 Å². The van der Waals surface area contributed by atoms with Crippen molar-refractivity contribution in [1.82, 2.24) is 4.57 Å². The van der Waals surface area contributed by atoms with E-state index in [1.54, 1.807) is 31.2 Å². The van der Waals surface area contributed by atoms with Crippen LogP contribution >= 0.6 is 43.6 Å².